The van der Waals surface area contributed by atoms with E-state index in [9.17, 15) is 4.79 Å². The Labute approximate surface area is 70.3 Å². The maximum absolute atomic E-state index is 10.9. The van der Waals surface area contributed by atoms with Crippen molar-refractivity contribution >= 4 is 5.97 Å². The standard InChI is InChI=1S/C8H10N2O2/c1-6(8(11)12-9)7-4-2-3-5-10-7/h2-6H,9H2,1H3. The van der Waals surface area contributed by atoms with E-state index >= 15 is 0 Å². The number of rotatable bonds is 2. The predicted octanol–water partition coefficient (Wildman–Crippen LogP) is 0.602. The van der Waals surface area contributed by atoms with Crippen LogP contribution in [0.5, 0.6) is 0 Å². The number of carbonyl (C=O) groups is 1. The second-order valence-electron chi connectivity index (χ2n) is 2.41. The molecule has 0 amide bonds. The lowest BCUT2D eigenvalue weighted by atomic mass is 10.1. The molecular weight excluding hydrogens is 156 g/mol. The van der Waals surface area contributed by atoms with Crippen molar-refractivity contribution in [1.82, 2.24) is 4.98 Å². The molecule has 0 aliphatic rings. The number of carbonyl (C=O) groups excluding carboxylic acids is 1. The molecule has 1 aromatic rings. The van der Waals surface area contributed by atoms with Gasteiger partial charge in [0.2, 0.25) is 0 Å². The van der Waals surface area contributed by atoms with Gasteiger partial charge in [-0.1, -0.05) is 6.07 Å². The first-order valence-electron chi connectivity index (χ1n) is 3.57. The van der Waals surface area contributed by atoms with Crippen LogP contribution in [0.15, 0.2) is 24.4 Å². The van der Waals surface area contributed by atoms with Crippen molar-refractivity contribution in [3.05, 3.63) is 30.1 Å². The highest BCUT2D eigenvalue weighted by Crippen LogP contribution is 2.11. The van der Waals surface area contributed by atoms with Crippen molar-refractivity contribution in [2.45, 2.75) is 12.8 Å². The SMILES string of the molecule is CC(C(=O)ON)c1ccccn1. The van der Waals surface area contributed by atoms with Crippen LogP contribution in [-0.4, -0.2) is 11.0 Å². The van der Waals surface area contributed by atoms with Crippen LogP contribution in [0.25, 0.3) is 0 Å². The van der Waals surface area contributed by atoms with Gasteiger partial charge in [0.05, 0.1) is 11.6 Å². The van der Waals surface area contributed by atoms with E-state index in [1.54, 1.807) is 25.3 Å². The van der Waals surface area contributed by atoms with Crippen LogP contribution in [-0.2, 0) is 9.63 Å². The highest BCUT2D eigenvalue weighted by atomic mass is 16.7. The summed E-state index contributed by atoms with van der Waals surface area (Å²) in [6, 6.07) is 5.34. The highest BCUT2D eigenvalue weighted by Gasteiger charge is 2.16. The molecule has 1 atom stereocenters. The lowest BCUT2D eigenvalue weighted by Crippen LogP contribution is -2.17. The van der Waals surface area contributed by atoms with E-state index in [4.69, 9.17) is 5.90 Å². The molecule has 0 bridgehead atoms. The van der Waals surface area contributed by atoms with Crippen molar-refractivity contribution in [3.8, 4) is 0 Å². The third kappa shape index (κ3) is 1.79. The van der Waals surface area contributed by atoms with Gasteiger partial charge in [-0.2, -0.15) is 5.90 Å². The van der Waals surface area contributed by atoms with Gasteiger partial charge in [0.15, 0.2) is 0 Å². The third-order valence-corrected chi connectivity index (χ3v) is 1.60. The van der Waals surface area contributed by atoms with Crippen LogP contribution in [0, 0.1) is 0 Å². The zero-order valence-corrected chi connectivity index (χ0v) is 6.73. The molecule has 1 heterocycles. The molecule has 1 rings (SSSR count). The third-order valence-electron chi connectivity index (χ3n) is 1.60. The van der Waals surface area contributed by atoms with Crippen molar-refractivity contribution in [2.24, 2.45) is 5.90 Å². The van der Waals surface area contributed by atoms with Gasteiger partial charge in [-0.05, 0) is 19.1 Å². The van der Waals surface area contributed by atoms with E-state index < -0.39 is 11.9 Å². The molecule has 1 aromatic heterocycles. The molecular formula is C8H10N2O2. The molecule has 2 N–H and O–H groups in total. The fourth-order valence-electron chi connectivity index (χ4n) is 0.855. The quantitative estimate of drug-likeness (QED) is 0.653. The Hall–Kier alpha value is -1.42. The highest BCUT2D eigenvalue weighted by molar-refractivity contribution is 5.76. The molecule has 0 saturated carbocycles. The van der Waals surface area contributed by atoms with Crippen LogP contribution >= 0.6 is 0 Å². The Morgan fingerprint density at radius 2 is 2.42 bits per heavy atom. The van der Waals surface area contributed by atoms with Gasteiger partial charge >= 0.3 is 5.97 Å². The Balaban J connectivity index is 2.78. The van der Waals surface area contributed by atoms with E-state index in [0.29, 0.717) is 5.69 Å². The summed E-state index contributed by atoms with van der Waals surface area (Å²) in [5.74, 6) is 3.85. The lowest BCUT2D eigenvalue weighted by molar-refractivity contribution is -0.145. The van der Waals surface area contributed by atoms with E-state index in [-0.39, 0.29) is 0 Å². The number of nitrogens with zero attached hydrogens (tertiary/aromatic N) is 1. The average Bonchev–Trinajstić information content (AvgIpc) is 2.17. The molecule has 12 heavy (non-hydrogen) atoms. The zero-order chi connectivity index (χ0) is 8.97. The number of aromatic nitrogens is 1. The molecule has 1 unspecified atom stereocenters. The molecule has 4 heteroatoms. The molecule has 0 saturated heterocycles. The Kier molecular flexibility index (Phi) is 2.76. The van der Waals surface area contributed by atoms with Crippen molar-refractivity contribution in [3.63, 3.8) is 0 Å². The second kappa shape index (κ2) is 3.82. The maximum atomic E-state index is 10.9. The summed E-state index contributed by atoms with van der Waals surface area (Å²) >= 11 is 0. The molecule has 0 radical (unpaired) electrons. The van der Waals surface area contributed by atoms with Gasteiger partial charge in [0.1, 0.15) is 0 Å². The fourth-order valence-corrected chi connectivity index (χ4v) is 0.855. The first-order chi connectivity index (χ1) is 5.75. The normalized spacial score (nSPS) is 12.2. The summed E-state index contributed by atoms with van der Waals surface area (Å²) in [4.78, 5) is 19.0. The van der Waals surface area contributed by atoms with Crippen molar-refractivity contribution < 1.29 is 9.63 Å². The minimum Gasteiger partial charge on any atom is -0.373 e. The van der Waals surface area contributed by atoms with Gasteiger partial charge in [0, 0.05) is 6.20 Å². The van der Waals surface area contributed by atoms with Crippen LogP contribution in [0.3, 0.4) is 0 Å². The molecule has 64 valence electrons. The minimum absolute atomic E-state index is 0.406. The first-order valence-corrected chi connectivity index (χ1v) is 3.57. The number of hydrogen-bond acceptors (Lipinski definition) is 4. The van der Waals surface area contributed by atoms with Crippen LogP contribution < -0.4 is 5.90 Å². The van der Waals surface area contributed by atoms with E-state index in [2.05, 4.69) is 9.82 Å². The van der Waals surface area contributed by atoms with Crippen LogP contribution in [0.1, 0.15) is 18.5 Å². The molecule has 0 aliphatic carbocycles. The fraction of sp³-hybridized carbons (Fsp3) is 0.250. The Morgan fingerprint density at radius 3 is 2.92 bits per heavy atom. The second-order valence-corrected chi connectivity index (χ2v) is 2.41. The molecule has 0 fully saturated rings. The maximum Gasteiger partial charge on any atom is 0.333 e. The topological polar surface area (TPSA) is 65.2 Å². The smallest absolute Gasteiger partial charge is 0.333 e. The zero-order valence-electron chi connectivity index (χ0n) is 6.73. The Morgan fingerprint density at radius 1 is 1.67 bits per heavy atom. The van der Waals surface area contributed by atoms with E-state index in [1.807, 2.05) is 6.07 Å². The summed E-state index contributed by atoms with van der Waals surface area (Å²) in [5.41, 5.74) is 0.660. The lowest BCUT2D eigenvalue weighted by Gasteiger charge is -2.06. The number of hydrogen-bond donors (Lipinski definition) is 1. The van der Waals surface area contributed by atoms with E-state index in [0.717, 1.165) is 0 Å². The summed E-state index contributed by atoms with van der Waals surface area (Å²) < 4.78 is 0. The first kappa shape index (κ1) is 8.67. The summed E-state index contributed by atoms with van der Waals surface area (Å²) in [5, 5.41) is 0. The van der Waals surface area contributed by atoms with E-state index in [1.165, 1.54) is 0 Å². The number of nitrogens with two attached hydrogens (primary N) is 1. The minimum atomic E-state index is -0.478. The molecule has 4 nitrogen and oxygen atoms in total. The van der Waals surface area contributed by atoms with Crippen LogP contribution in [0.2, 0.25) is 0 Å². The molecule has 0 aliphatic heterocycles. The molecule has 0 spiro atoms. The summed E-state index contributed by atoms with van der Waals surface area (Å²) in [6.07, 6.45) is 1.62. The van der Waals surface area contributed by atoms with Gasteiger partial charge in [-0.15, -0.1) is 0 Å². The van der Waals surface area contributed by atoms with Gasteiger partial charge in [-0.25, -0.2) is 4.79 Å². The van der Waals surface area contributed by atoms with Gasteiger partial charge in [0.25, 0.3) is 0 Å². The number of pyridine rings is 1. The molecule has 0 aromatic carbocycles. The average molecular weight is 166 g/mol. The van der Waals surface area contributed by atoms with Gasteiger partial charge in [-0.3, -0.25) is 4.98 Å². The van der Waals surface area contributed by atoms with Crippen molar-refractivity contribution in [1.29, 1.82) is 0 Å². The monoisotopic (exact) mass is 166 g/mol. The summed E-state index contributed by atoms with van der Waals surface area (Å²) in [6.45, 7) is 1.69. The predicted molar refractivity (Wildman–Crippen MR) is 42.9 cm³/mol. The van der Waals surface area contributed by atoms with Crippen LogP contribution in [0.4, 0.5) is 0 Å². The summed E-state index contributed by atoms with van der Waals surface area (Å²) in [7, 11) is 0. The van der Waals surface area contributed by atoms with Crippen molar-refractivity contribution in [2.75, 3.05) is 0 Å². The largest absolute Gasteiger partial charge is 0.373 e. The Bertz CT molecular complexity index is 261. The van der Waals surface area contributed by atoms with Gasteiger partial charge < -0.3 is 4.84 Å².